The van der Waals surface area contributed by atoms with Gasteiger partial charge in [-0.3, -0.25) is 14.2 Å². The van der Waals surface area contributed by atoms with Crippen molar-refractivity contribution < 1.29 is 9.59 Å². The fourth-order valence-electron chi connectivity index (χ4n) is 3.04. The van der Waals surface area contributed by atoms with E-state index in [4.69, 9.17) is 11.6 Å². The normalized spacial score (nSPS) is 10.7. The molecule has 32 heavy (non-hydrogen) atoms. The standard InChI is InChI=1S/C24H19ClN4O2S/c25-19-13-11-18(12-14-19)23(31)26-15-22-27-28-24(29(22)20-9-5-2-6-10-20)32-16-21(30)17-7-3-1-4-8-17/h1-14H,15-16H2,(H,26,31). The van der Waals surface area contributed by atoms with E-state index in [-0.39, 0.29) is 24.0 Å². The van der Waals surface area contributed by atoms with Crippen LogP contribution in [-0.4, -0.2) is 32.2 Å². The number of hydrogen-bond donors (Lipinski definition) is 1. The van der Waals surface area contributed by atoms with Gasteiger partial charge in [0.1, 0.15) is 0 Å². The van der Waals surface area contributed by atoms with E-state index >= 15 is 0 Å². The van der Waals surface area contributed by atoms with Crippen LogP contribution >= 0.6 is 23.4 Å². The number of nitrogens with one attached hydrogen (secondary N) is 1. The highest BCUT2D eigenvalue weighted by Crippen LogP contribution is 2.23. The Kier molecular flexibility index (Phi) is 6.99. The Labute approximate surface area is 194 Å². The number of hydrogen-bond acceptors (Lipinski definition) is 5. The monoisotopic (exact) mass is 462 g/mol. The Balaban J connectivity index is 1.52. The van der Waals surface area contributed by atoms with Gasteiger partial charge in [-0.15, -0.1) is 10.2 Å². The number of carbonyl (C=O) groups is 2. The molecule has 0 saturated heterocycles. The molecule has 1 amide bonds. The molecule has 0 unspecified atom stereocenters. The average Bonchev–Trinajstić information content (AvgIpc) is 3.25. The molecule has 0 bridgehead atoms. The minimum absolute atomic E-state index is 0.0100. The van der Waals surface area contributed by atoms with E-state index < -0.39 is 0 Å². The van der Waals surface area contributed by atoms with Crippen LogP contribution in [0, 0.1) is 0 Å². The van der Waals surface area contributed by atoms with Crippen molar-refractivity contribution in [1.29, 1.82) is 0 Å². The first-order valence-electron chi connectivity index (χ1n) is 9.86. The number of halogens is 1. The second kappa shape index (κ2) is 10.3. The van der Waals surface area contributed by atoms with Crippen molar-refractivity contribution in [2.75, 3.05) is 5.75 Å². The second-order valence-electron chi connectivity index (χ2n) is 6.84. The first kappa shape index (κ1) is 21.8. The Morgan fingerprint density at radius 2 is 1.50 bits per heavy atom. The summed E-state index contributed by atoms with van der Waals surface area (Å²) in [6.07, 6.45) is 0. The molecule has 1 heterocycles. The van der Waals surface area contributed by atoms with E-state index in [1.54, 1.807) is 36.4 Å². The lowest BCUT2D eigenvalue weighted by atomic mass is 10.2. The van der Waals surface area contributed by atoms with Gasteiger partial charge in [0, 0.05) is 21.8 Å². The number of benzene rings is 3. The highest BCUT2D eigenvalue weighted by atomic mass is 35.5. The molecule has 0 saturated carbocycles. The molecule has 0 fully saturated rings. The van der Waals surface area contributed by atoms with Gasteiger partial charge in [-0.05, 0) is 36.4 Å². The zero-order valence-electron chi connectivity index (χ0n) is 16.9. The van der Waals surface area contributed by atoms with Crippen LogP contribution < -0.4 is 5.32 Å². The molecule has 4 rings (SSSR count). The highest BCUT2D eigenvalue weighted by molar-refractivity contribution is 7.99. The number of ketones is 1. The van der Waals surface area contributed by atoms with Crippen LogP contribution in [0.1, 0.15) is 26.5 Å². The minimum atomic E-state index is -0.238. The molecular formula is C24H19ClN4O2S. The van der Waals surface area contributed by atoms with E-state index in [9.17, 15) is 9.59 Å². The molecule has 8 heteroatoms. The molecule has 0 aliphatic heterocycles. The predicted octanol–water partition coefficient (Wildman–Crippen LogP) is 4.83. The van der Waals surface area contributed by atoms with Gasteiger partial charge in [0.15, 0.2) is 16.8 Å². The van der Waals surface area contributed by atoms with Crippen LogP contribution in [0.25, 0.3) is 5.69 Å². The first-order chi connectivity index (χ1) is 15.6. The van der Waals surface area contributed by atoms with Crippen molar-refractivity contribution in [3.05, 3.63) is 107 Å². The summed E-state index contributed by atoms with van der Waals surface area (Å²) >= 11 is 7.20. The number of nitrogens with zero attached hydrogens (tertiary/aromatic N) is 3. The lowest BCUT2D eigenvalue weighted by Gasteiger charge is -2.11. The molecular weight excluding hydrogens is 444 g/mol. The van der Waals surface area contributed by atoms with E-state index in [2.05, 4.69) is 15.5 Å². The third kappa shape index (κ3) is 5.25. The molecule has 0 atom stereocenters. The first-order valence-corrected chi connectivity index (χ1v) is 11.2. The predicted molar refractivity (Wildman–Crippen MR) is 125 cm³/mol. The lowest BCUT2D eigenvalue weighted by molar-refractivity contribution is 0.0948. The molecule has 0 aliphatic carbocycles. The van der Waals surface area contributed by atoms with E-state index in [0.717, 1.165) is 5.69 Å². The largest absolute Gasteiger partial charge is 0.345 e. The second-order valence-corrected chi connectivity index (χ2v) is 8.22. The molecule has 1 aromatic heterocycles. The maximum atomic E-state index is 12.5. The van der Waals surface area contributed by atoms with Crippen LogP contribution in [0.3, 0.4) is 0 Å². The molecule has 0 spiro atoms. The van der Waals surface area contributed by atoms with Crippen LogP contribution in [0.15, 0.2) is 90.1 Å². The summed E-state index contributed by atoms with van der Waals surface area (Å²) in [5.41, 5.74) is 2.01. The molecule has 0 aliphatic rings. The number of amides is 1. The topological polar surface area (TPSA) is 76.9 Å². The molecule has 0 radical (unpaired) electrons. The van der Waals surface area contributed by atoms with Gasteiger partial charge in [-0.2, -0.15) is 0 Å². The summed E-state index contributed by atoms with van der Waals surface area (Å²) in [4.78, 5) is 25.0. The van der Waals surface area contributed by atoms with Crippen molar-refractivity contribution in [3.63, 3.8) is 0 Å². The van der Waals surface area contributed by atoms with Crippen molar-refractivity contribution in [2.45, 2.75) is 11.7 Å². The van der Waals surface area contributed by atoms with Crippen molar-refractivity contribution >= 4 is 35.1 Å². The number of rotatable bonds is 8. The fourth-order valence-corrected chi connectivity index (χ4v) is 4.04. The maximum absolute atomic E-state index is 12.5. The molecule has 4 aromatic rings. The summed E-state index contributed by atoms with van der Waals surface area (Å²) in [6, 6.07) is 25.4. The van der Waals surface area contributed by atoms with Crippen LogP contribution in [-0.2, 0) is 6.54 Å². The van der Waals surface area contributed by atoms with E-state index in [1.807, 2.05) is 53.1 Å². The van der Waals surface area contributed by atoms with E-state index in [1.165, 1.54) is 11.8 Å². The van der Waals surface area contributed by atoms with Gasteiger partial charge < -0.3 is 5.32 Å². The lowest BCUT2D eigenvalue weighted by Crippen LogP contribution is -2.24. The molecule has 3 aromatic carbocycles. The van der Waals surface area contributed by atoms with Gasteiger partial charge in [0.2, 0.25) is 0 Å². The van der Waals surface area contributed by atoms with Gasteiger partial charge >= 0.3 is 0 Å². The molecule has 6 nitrogen and oxygen atoms in total. The Hall–Kier alpha value is -3.42. The average molecular weight is 463 g/mol. The third-order valence-corrected chi connectivity index (χ3v) is 5.84. The van der Waals surface area contributed by atoms with E-state index in [0.29, 0.717) is 27.1 Å². The highest BCUT2D eigenvalue weighted by Gasteiger charge is 2.17. The summed E-state index contributed by atoms with van der Waals surface area (Å²) < 4.78 is 1.85. The third-order valence-electron chi connectivity index (χ3n) is 4.66. The number of thioether (sulfide) groups is 1. The zero-order chi connectivity index (χ0) is 22.3. The van der Waals surface area contributed by atoms with Gasteiger partial charge in [0.05, 0.1) is 12.3 Å². The number of aromatic nitrogens is 3. The van der Waals surface area contributed by atoms with Crippen LogP contribution in [0.4, 0.5) is 0 Å². The van der Waals surface area contributed by atoms with Crippen LogP contribution in [0.5, 0.6) is 0 Å². The number of para-hydroxylation sites is 1. The number of Topliss-reactive ketones (excluding diaryl/α,β-unsaturated/α-hetero) is 1. The Morgan fingerprint density at radius 3 is 2.19 bits per heavy atom. The summed E-state index contributed by atoms with van der Waals surface area (Å²) in [7, 11) is 0. The van der Waals surface area contributed by atoms with Crippen molar-refractivity contribution in [2.24, 2.45) is 0 Å². The Bertz CT molecular complexity index is 1210. The Morgan fingerprint density at radius 1 is 0.844 bits per heavy atom. The van der Waals surface area contributed by atoms with Gasteiger partial charge in [-0.1, -0.05) is 71.9 Å². The van der Waals surface area contributed by atoms with Gasteiger partial charge in [0.25, 0.3) is 5.91 Å². The number of carbonyl (C=O) groups excluding carboxylic acids is 2. The van der Waals surface area contributed by atoms with Crippen LogP contribution in [0.2, 0.25) is 5.02 Å². The fraction of sp³-hybridized carbons (Fsp3) is 0.0833. The smallest absolute Gasteiger partial charge is 0.251 e. The van der Waals surface area contributed by atoms with Gasteiger partial charge in [-0.25, -0.2) is 0 Å². The van der Waals surface area contributed by atoms with Crippen molar-refractivity contribution in [3.8, 4) is 5.69 Å². The minimum Gasteiger partial charge on any atom is -0.345 e. The summed E-state index contributed by atoms with van der Waals surface area (Å²) in [5.74, 6) is 0.563. The summed E-state index contributed by atoms with van der Waals surface area (Å²) in [6.45, 7) is 0.177. The summed E-state index contributed by atoms with van der Waals surface area (Å²) in [5, 5.41) is 12.6. The molecule has 160 valence electrons. The quantitative estimate of drug-likeness (QED) is 0.300. The SMILES string of the molecule is O=C(CSc1nnc(CNC(=O)c2ccc(Cl)cc2)n1-c1ccccc1)c1ccccc1. The van der Waals surface area contributed by atoms with Crippen molar-refractivity contribution in [1.82, 2.24) is 20.1 Å². The maximum Gasteiger partial charge on any atom is 0.251 e. The zero-order valence-corrected chi connectivity index (χ0v) is 18.5. The molecule has 1 N–H and O–H groups in total.